The normalized spacial score (nSPS) is 16.6. The van der Waals surface area contributed by atoms with Crippen LogP contribution >= 0.6 is 0 Å². The van der Waals surface area contributed by atoms with Gasteiger partial charge < -0.3 is 9.64 Å². The smallest absolute Gasteiger partial charge is 0.254 e. The van der Waals surface area contributed by atoms with Crippen molar-refractivity contribution in [3.8, 4) is 0 Å². The fourth-order valence-electron chi connectivity index (χ4n) is 2.05. The fraction of sp³-hybridized carbons (Fsp3) is 0.533. The van der Waals surface area contributed by atoms with E-state index >= 15 is 0 Å². The average Bonchev–Trinajstić information content (AvgIpc) is 2.26. The highest BCUT2D eigenvalue weighted by Gasteiger charge is 2.31. The summed E-state index contributed by atoms with van der Waals surface area (Å²) in [5, 5.41) is 0. The maximum Gasteiger partial charge on any atom is 0.254 e. The molecule has 0 saturated carbocycles. The molecular weight excluding hydrogens is 226 g/mol. The van der Waals surface area contributed by atoms with E-state index in [0.717, 1.165) is 5.56 Å². The van der Waals surface area contributed by atoms with Crippen LogP contribution in [0.1, 0.15) is 36.7 Å². The highest BCUT2D eigenvalue weighted by Crippen LogP contribution is 2.24. The highest BCUT2D eigenvalue weighted by molar-refractivity contribution is 5.95. The number of likely N-dealkylation sites (tertiary alicyclic amines) is 1. The Morgan fingerprint density at radius 1 is 1.33 bits per heavy atom. The molecule has 0 aromatic heterocycles. The van der Waals surface area contributed by atoms with Crippen molar-refractivity contribution >= 4 is 5.91 Å². The number of carbonyl (C=O) groups is 1. The van der Waals surface area contributed by atoms with Crippen LogP contribution in [0, 0.1) is 0 Å². The quantitative estimate of drug-likeness (QED) is 0.803. The standard InChI is InChI=1S/C15H21NO2/c1-15(2,3)12-7-5-6-11(8-12)14(17)16-9-13(10-16)18-4/h5-8,13H,9-10H2,1-4H3. The molecule has 18 heavy (non-hydrogen) atoms. The van der Waals surface area contributed by atoms with Gasteiger partial charge in [0.25, 0.3) is 5.91 Å². The Kier molecular flexibility index (Phi) is 3.44. The van der Waals surface area contributed by atoms with Crippen molar-refractivity contribution in [1.82, 2.24) is 4.90 Å². The molecule has 0 aliphatic carbocycles. The van der Waals surface area contributed by atoms with Gasteiger partial charge in [0.1, 0.15) is 0 Å². The second-order valence-electron chi connectivity index (χ2n) is 5.90. The largest absolute Gasteiger partial charge is 0.378 e. The Morgan fingerprint density at radius 3 is 2.56 bits per heavy atom. The summed E-state index contributed by atoms with van der Waals surface area (Å²) in [4.78, 5) is 14.1. The van der Waals surface area contributed by atoms with Crippen LogP contribution in [-0.2, 0) is 10.2 Å². The van der Waals surface area contributed by atoms with Gasteiger partial charge in [-0.25, -0.2) is 0 Å². The van der Waals surface area contributed by atoms with Crippen LogP contribution in [0.2, 0.25) is 0 Å². The minimum absolute atomic E-state index is 0.0697. The molecule has 3 nitrogen and oxygen atoms in total. The summed E-state index contributed by atoms with van der Waals surface area (Å²) in [6.07, 6.45) is 0.208. The van der Waals surface area contributed by atoms with Crippen LogP contribution in [0.4, 0.5) is 0 Å². The van der Waals surface area contributed by atoms with Crippen LogP contribution in [0.5, 0.6) is 0 Å². The van der Waals surface area contributed by atoms with Gasteiger partial charge in [0.05, 0.1) is 6.10 Å². The molecule has 3 heteroatoms. The number of benzene rings is 1. The Hall–Kier alpha value is -1.35. The second kappa shape index (κ2) is 4.73. The minimum Gasteiger partial charge on any atom is -0.378 e. The van der Waals surface area contributed by atoms with Crippen LogP contribution in [-0.4, -0.2) is 37.1 Å². The first-order chi connectivity index (χ1) is 8.41. The molecular formula is C15H21NO2. The van der Waals surface area contributed by atoms with Crippen molar-refractivity contribution in [3.05, 3.63) is 35.4 Å². The Morgan fingerprint density at radius 2 is 2.00 bits per heavy atom. The van der Waals surface area contributed by atoms with E-state index in [1.165, 1.54) is 5.56 Å². The molecule has 98 valence electrons. The zero-order valence-electron chi connectivity index (χ0n) is 11.6. The second-order valence-corrected chi connectivity index (χ2v) is 5.90. The lowest BCUT2D eigenvalue weighted by molar-refractivity contribution is -0.0192. The van der Waals surface area contributed by atoms with Crippen LogP contribution < -0.4 is 0 Å². The molecule has 0 unspecified atom stereocenters. The number of hydrogen-bond donors (Lipinski definition) is 0. The van der Waals surface area contributed by atoms with Gasteiger partial charge in [0, 0.05) is 25.8 Å². The Bertz CT molecular complexity index is 442. The number of nitrogens with zero attached hydrogens (tertiary/aromatic N) is 1. The molecule has 0 N–H and O–H groups in total. The molecule has 1 aromatic carbocycles. The van der Waals surface area contributed by atoms with E-state index in [2.05, 4.69) is 26.8 Å². The summed E-state index contributed by atoms with van der Waals surface area (Å²) >= 11 is 0. The predicted octanol–water partition coefficient (Wildman–Crippen LogP) is 2.45. The van der Waals surface area contributed by atoms with E-state index < -0.39 is 0 Å². The lowest BCUT2D eigenvalue weighted by Gasteiger charge is -2.38. The van der Waals surface area contributed by atoms with E-state index in [4.69, 9.17) is 4.74 Å². The first-order valence-corrected chi connectivity index (χ1v) is 6.34. The molecule has 0 bridgehead atoms. The van der Waals surface area contributed by atoms with Gasteiger partial charge >= 0.3 is 0 Å². The molecule has 0 radical (unpaired) electrons. The Labute approximate surface area is 109 Å². The number of hydrogen-bond acceptors (Lipinski definition) is 2. The van der Waals surface area contributed by atoms with Crippen molar-refractivity contribution in [2.24, 2.45) is 0 Å². The summed E-state index contributed by atoms with van der Waals surface area (Å²) < 4.78 is 5.19. The molecule has 2 rings (SSSR count). The van der Waals surface area contributed by atoms with Crippen molar-refractivity contribution in [3.63, 3.8) is 0 Å². The van der Waals surface area contributed by atoms with Gasteiger partial charge in [-0.15, -0.1) is 0 Å². The summed E-state index contributed by atoms with van der Waals surface area (Å²) in [7, 11) is 1.69. The zero-order valence-corrected chi connectivity index (χ0v) is 11.6. The third kappa shape index (κ3) is 2.56. The number of amides is 1. The summed E-state index contributed by atoms with van der Waals surface area (Å²) in [6, 6.07) is 7.92. The van der Waals surface area contributed by atoms with Gasteiger partial charge in [-0.2, -0.15) is 0 Å². The lowest BCUT2D eigenvalue weighted by Crippen LogP contribution is -2.54. The van der Waals surface area contributed by atoms with Gasteiger partial charge in [0.15, 0.2) is 0 Å². The predicted molar refractivity (Wildman–Crippen MR) is 71.8 cm³/mol. The van der Waals surface area contributed by atoms with E-state index in [0.29, 0.717) is 13.1 Å². The molecule has 1 aromatic rings. The van der Waals surface area contributed by atoms with Crippen LogP contribution in [0.15, 0.2) is 24.3 Å². The summed E-state index contributed by atoms with van der Waals surface area (Å²) in [6.45, 7) is 7.87. The first-order valence-electron chi connectivity index (χ1n) is 6.34. The number of carbonyl (C=O) groups excluding carboxylic acids is 1. The monoisotopic (exact) mass is 247 g/mol. The lowest BCUT2D eigenvalue weighted by atomic mass is 9.86. The van der Waals surface area contributed by atoms with E-state index in [9.17, 15) is 4.79 Å². The van der Waals surface area contributed by atoms with Gasteiger partial charge in [-0.1, -0.05) is 32.9 Å². The SMILES string of the molecule is COC1CN(C(=O)c2cccc(C(C)(C)C)c2)C1. The molecule has 1 saturated heterocycles. The van der Waals surface area contributed by atoms with Crippen molar-refractivity contribution in [1.29, 1.82) is 0 Å². The maximum atomic E-state index is 12.2. The first kappa shape index (κ1) is 13.1. The third-order valence-electron chi connectivity index (χ3n) is 3.44. The van der Waals surface area contributed by atoms with E-state index in [1.807, 2.05) is 23.1 Å². The fourth-order valence-corrected chi connectivity index (χ4v) is 2.05. The molecule has 0 spiro atoms. The average molecular weight is 247 g/mol. The van der Waals surface area contributed by atoms with Gasteiger partial charge in [0.2, 0.25) is 0 Å². The molecule has 1 aliphatic rings. The van der Waals surface area contributed by atoms with E-state index in [-0.39, 0.29) is 17.4 Å². The van der Waals surface area contributed by atoms with E-state index in [1.54, 1.807) is 7.11 Å². The third-order valence-corrected chi connectivity index (χ3v) is 3.44. The number of methoxy groups -OCH3 is 1. The zero-order chi connectivity index (χ0) is 13.3. The molecule has 1 heterocycles. The maximum absolute atomic E-state index is 12.2. The molecule has 0 atom stereocenters. The van der Waals surface area contributed by atoms with Crippen molar-refractivity contribution in [2.45, 2.75) is 32.3 Å². The highest BCUT2D eigenvalue weighted by atomic mass is 16.5. The minimum atomic E-state index is 0.0697. The summed E-state index contributed by atoms with van der Waals surface area (Å²) in [5.41, 5.74) is 2.04. The van der Waals surface area contributed by atoms with Crippen molar-refractivity contribution in [2.75, 3.05) is 20.2 Å². The van der Waals surface area contributed by atoms with Crippen LogP contribution in [0.25, 0.3) is 0 Å². The van der Waals surface area contributed by atoms with Gasteiger partial charge in [-0.3, -0.25) is 4.79 Å². The summed E-state index contributed by atoms with van der Waals surface area (Å²) in [5.74, 6) is 0.106. The molecule has 1 aliphatic heterocycles. The van der Waals surface area contributed by atoms with Crippen molar-refractivity contribution < 1.29 is 9.53 Å². The molecule has 1 amide bonds. The van der Waals surface area contributed by atoms with Crippen LogP contribution in [0.3, 0.4) is 0 Å². The molecule has 1 fully saturated rings. The topological polar surface area (TPSA) is 29.5 Å². The number of rotatable bonds is 2. The van der Waals surface area contributed by atoms with Gasteiger partial charge in [-0.05, 0) is 23.1 Å². The number of ether oxygens (including phenoxy) is 1. The Balaban J connectivity index is 2.12.